The van der Waals surface area contributed by atoms with Gasteiger partial charge < -0.3 is 16.0 Å². The summed E-state index contributed by atoms with van der Waals surface area (Å²) in [5.41, 5.74) is 5.85. The quantitative estimate of drug-likeness (QED) is 0.655. The van der Waals surface area contributed by atoms with E-state index in [2.05, 4.69) is 5.32 Å². The molecule has 3 N–H and O–H groups in total. The Balaban J connectivity index is 1.67. The van der Waals surface area contributed by atoms with Gasteiger partial charge in [0.2, 0.25) is 15.9 Å². The molecular formula is C20H22Cl2N4O4S. The molecule has 0 spiro atoms. The molecule has 0 aliphatic carbocycles. The third kappa shape index (κ3) is 5.48. The third-order valence-corrected chi connectivity index (χ3v) is 7.76. The Morgan fingerprint density at radius 2 is 1.55 bits per heavy atom. The second-order valence-electron chi connectivity index (χ2n) is 7.00. The van der Waals surface area contributed by atoms with Crippen molar-refractivity contribution in [3.05, 3.63) is 64.1 Å². The molecule has 1 saturated heterocycles. The predicted octanol–water partition coefficient (Wildman–Crippen LogP) is 2.63. The largest absolute Gasteiger partial charge is 0.352 e. The molecule has 11 heteroatoms. The van der Waals surface area contributed by atoms with Crippen LogP contribution >= 0.6 is 23.2 Å². The molecule has 1 heterocycles. The molecule has 0 saturated carbocycles. The SMILES string of the molecule is NC(=O)N[C@H](CC(=O)N1CCN(S(=O)(=O)c2ccccc2Cl)CC1)c1ccccc1Cl. The van der Waals surface area contributed by atoms with Crippen LogP contribution in [0.15, 0.2) is 53.4 Å². The first-order chi connectivity index (χ1) is 14.7. The monoisotopic (exact) mass is 484 g/mol. The zero-order valence-electron chi connectivity index (χ0n) is 16.5. The van der Waals surface area contributed by atoms with Crippen molar-refractivity contribution in [1.82, 2.24) is 14.5 Å². The number of primary amides is 1. The van der Waals surface area contributed by atoms with E-state index >= 15 is 0 Å². The Hall–Kier alpha value is -2.33. The van der Waals surface area contributed by atoms with Gasteiger partial charge in [0.05, 0.1) is 17.5 Å². The first kappa shape index (κ1) is 23.3. The van der Waals surface area contributed by atoms with E-state index in [4.69, 9.17) is 28.9 Å². The number of rotatable bonds is 6. The minimum atomic E-state index is -3.76. The number of hydrogen-bond donors (Lipinski definition) is 2. The number of carbonyl (C=O) groups is 2. The fourth-order valence-electron chi connectivity index (χ4n) is 3.44. The summed E-state index contributed by atoms with van der Waals surface area (Å²) in [7, 11) is -3.76. The van der Waals surface area contributed by atoms with Gasteiger partial charge in [0.1, 0.15) is 4.90 Å². The van der Waals surface area contributed by atoms with E-state index in [1.165, 1.54) is 16.4 Å². The van der Waals surface area contributed by atoms with Crippen molar-refractivity contribution in [3.63, 3.8) is 0 Å². The molecule has 0 aromatic heterocycles. The average molecular weight is 485 g/mol. The Bertz CT molecular complexity index is 1070. The number of nitrogens with two attached hydrogens (primary N) is 1. The van der Waals surface area contributed by atoms with E-state index < -0.39 is 22.1 Å². The Kier molecular flexibility index (Phi) is 7.42. The minimum absolute atomic E-state index is 0.0425. The first-order valence-electron chi connectivity index (χ1n) is 9.53. The molecule has 8 nitrogen and oxygen atoms in total. The lowest BCUT2D eigenvalue weighted by molar-refractivity contribution is -0.132. The minimum Gasteiger partial charge on any atom is -0.352 e. The first-order valence-corrected chi connectivity index (χ1v) is 11.7. The van der Waals surface area contributed by atoms with Crippen LogP contribution in [0.25, 0.3) is 0 Å². The molecule has 3 rings (SSSR count). The van der Waals surface area contributed by atoms with Crippen LogP contribution in [0.4, 0.5) is 4.79 Å². The number of nitrogens with zero attached hydrogens (tertiary/aromatic N) is 2. The van der Waals surface area contributed by atoms with E-state index in [1.807, 2.05) is 0 Å². The van der Waals surface area contributed by atoms with Crippen LogP contribution in [0.5, 0.6) is 0 Å². The van der Waals surface area contributed by atoms with Crippen LogP contribution in [0, 0.1) is 0 Å². The second-order valence-corrected chi connectivity index (χ2v) is 9.72. The van der Waals surface area contributed by atoms with Crippen molar-refractivity contribution < 1.29 is 18.0 Å². The van der Waals surface area contributed by atoms with Crippen LogP contribution in [-0.4, -0.2) is 55.7 Å². The molecule has 1 fully saturated rings. The number of urea groups is 1. The maximum atomic E-state index is 12.9. The zero-order valence-corrected chi connectivity index (χ0v) is 18.8. The van der Waals surface area contributed by atoms with Crippen LogP contribution in [0.2, 0.25) is 10.0 Å². The molecule has 0 unspecified atom stereocenters. The van der Waals surface area contributed by atoms with Gasteiger partial charge in [-0.05, 0) is 23.8 Å². The summed E-state index contributed by atoms with van der Waals surface area (Å²) in [4.78, 5) is 25.9. The molecule has 2 aromatic rings. The maximum absolute atomic E-state index is 12.9. The van der Waals surface area contributed by atoms with Crippen molar-refractivity contribution >= 4 is 45.2 Å². The van der Waals surface area contributed by atoms with Gasteiger partial charge >= 0.3 is 6.03 Å². The summed E-state index contributed by atoms with van der Waals surface area (Å²) in [5, 5.41) is 3.11. The number of piperazine rings is 1. The zero-order chi connectivity index (χ0) is 22.6. The summed E-state index contributed by atoms with van der Waals surface area (Å²) in [6.45, 7) is 0.710. The van der Waals surface area contributed by atoms with Gasteiger partial charge in [-0.15, -0.1) is 0 Å². The summed E-state index contributed by atoms with van der Waals surface area (Å²) in [5.74, 6) is -0.242. The highest BCUT2D eigenvalue weighted by Crippen LogP contribution is 2.27. The molecule has 0 radical (unpaired) electrons. The van der Waals surface area contributed by atoms with Gasteiger partial charge in [0.15, 0.2) is 0 Å². The lowest BCUT2D eigenvalue weighted by atomic mass is 10.0. The van der Waals surface area contributed by atoms with E-state index in [1.54, 1.807) is 41.3 Å². The lowest BCUT2D eigenvalue weighted by Gasteiger charge is -2.35. The van der Waals surface area contributed by atoms with Crippen LogP contribution < -0.4 is 11.1 Å². The summed E-state index contributed by atoms with van der Waals surface area (Å²) in [6, 6.07) is 11.7. The maximum Gasteiger partial charge on any atom is 0.312 e. The second kappa shape index (κ2) is 9.86. The lowest BCUT2D eigenvalue weighted by Crippen LogP contribution is -2.51. The number of halogens is 2. The predicted molar refractivity (Wildman–Crippen MR) is 118 cm³/mol. The van der Waals surface area contributed by atoms with Crippen LogP contribution in [0.3, 0.4) is 0 Å². The number of carbonyl (C=O) groups excluding carboxylic acids is 2. The highest BCUT2D eigenvalue weighted by molar-refractivity contribution is 7.89. The molecule has 31 heavy (non-hydrogen) atoms. The molecule has 1 aliphatic rings. The number of hydrogen-bond acceptors (Lipinski definition) is 4. The normalized spacial score (nSPS) is 16.0. The van der Waals surface area contributed by atoms with Gasteiger partial charge in [-0.1, -0.05) is 53.5 Å². The van der Waals surface area contributed by atoms with E-state index in [0.29, 0.717) is 10.6 Å². The van der Waals surface area contributed by atoms with Crippen molar-refractivity contribution in [2.45, 2.75) is 17.4 Å². The highest BCUT2D eigenvalue weighted by atomic mass is 35.5. The summed E-state index contributed by atoms with van der Waals surface area (Å²) >= 11 is 12.3. The number of benzene rings is 2. The number of nitrogens with one attached hydrogen (secondary N) is 1. The number of sulfonamides is 1. The van der Waals surface area contributed by atoms with Gasteiger partial charge in [-0.25, -0.2) is 13.2 Å². The van der Waals surface area contributed by atoms with Crippen molar-refractivity contribution in [1.29, 1.82) is 0 Å². The topological polar surface area (TPSA) is 113 Å². The van der Waals surface area contributed by atoms with Crippen molar-refractivity contribution in [3.8, 4) is 0 Å². The fraction of sp³-hybridized carbons (Fsp3) is 0.300. The van der Waals surface area contributed by atoms with Gasteiger partial charge in [0, 0.05) is 31.2 Å². The molecule has 1 atom stereocenters. The van der Waals surface area contributed by atoms with Gasteiger partial charge in [-0.2, -0.15) is 4.31 Å². The fourth-order valence-corrected chi connectivity index (χ4v) is 5.63. The molecule has 166 valence electrons. The molecule has 1 aliphatic heterocycles. The summed E-state index contributed by atoms with van der Waals surface area (Å²) < 4.78 is 27.0. The van der Waals surface area contributed by atoms with E-state index in [9.17, 15) is 18.0 Å². The smallest absolute Gasteiger partial charge is 0.312 e. The molecule has 0 bridgehead atoms. The van der Waals surface area contributed by atoms with Crippen molar-refractivity contribution in [2.75, 3.05) is 26.2 Å². The standard InChI is InChI=1S/C20H22Cl2N4O4S/c21-15-6-2-1-5-14(15)17(24-20(23)28)13-19(27)25-9-11-26(12-10-25)31(29,30)18-8-4-3-7-16(18)22/h1-8,17H,9-13H2,(H3,23,24,28)/t17-/m1/s1. The Labute approximate surface area is 191 Å². The Morgan fingerprint density at radius 1 is 0.968 bits per heavy atom. The average Bonchev–Trinajstić information content (AvgIpc) is 2.73. The van der Waals surface area contributed by atoms with E-state index in [-0.39, 0.29) is 48.4 Å². The summed E-state index contributed by atoms with van der Waals surface area (Å²) in [6.07, 6.45) is -0.0517. The molecule has 2 aromatic carbocycles. The Morgan fingerprint density at radius 3 is 2.13 bits per heavy atom. The molecule has 3 amide bonds. The third-order valence-electron chi connectivity index (χ3n) is 5.02. The van der Waals surface area contributed by atoms with Gasteiger partial charge in [-0.3, -0.25) is 4.79 Å². The highest BCUT2D eigenvalue weighted by Gasteiger charge is 2.32. The van der Waals surface area contributed by atoms with E-state index in [0.717, 1.165) is 0 Å². The van der Waals surface area contributed by atoms with Crippen molar-refractivity contribution in [2.24, 2.45) is 5.73 Å². The van der Waals surface area contributed by atoms with Crippen LogP contribution in [-0.2, 0) is 14.8 Å². The number of amides is 3. The van der Waals surface area contributed by atoms with Gasteiger partial charge in [0.25, 0.3) is 0 Å². The van der Waals surface area contributed by atoms with Crippen LogP contribution in [0.1, 0.15) is 18.0 Å². The molecular weight excluding hydrogens is 463 g/mol.